The van der Waals surface area contributed by atoms with Gasteiger partial charge in [-0.05, 0) is 188 Å². The molecule has 14 heteroatoms. The molecule has 0 radical (unpaired) electrons. The van der Waals surface area contributed by atoms with Gasteiger partial charge in [0.15, 0.2) is 58.1 Å². The summed E-state index contributed by atoms with van der Waals surface area (Å²) in [4.78, 5) is 0. The predicted octanol–water partition coefficient (Wildman–Crippen LogP) is 29.9. The number of hydrogen-bond donors (Lipinski definition) is 0. The van der Waals surface area contributed by atoms with Gasteiger partial charge in [-0.2, -0.15) is 4.39 Å². The summed E-state index contributed by atoms with van der Waals surface area (Å²) in [7, 11) is 0. The Morgan fingerprint density at radius 1 is 0.270 bits per heavy atom. The standard InChI is InChI=1S/C26H24F6.C26H26F4.C23H17F3O.C22H22.2H2/c1-3-5-7-15-9-11-17(23(29)21(15)27)19-13-14-20(26(32)25(19)31)18-12-10-16(8-6-4-2)22(28)24(18)30;1-3-5-7-17-9-11-19(23(27)15-17)21-13-14-22(26(30)25(21)29)20-12-10-18(8-6-4-2)16-24(20)28;1-3-13-27-21-12-11-19(22(25)23(21)26)18-10-9-17(14-20(18)24)16-7-5-15(4-2)6-8-16;1-15-5-11-21(17(3)13-15)19-7-9-20(10-8-19)22-12-6-16(2)14-18(22)4;;/h9-14H,3-8H2,1-2H3;9-16H,3-8H2,1-2H3;5-12,14H,4H2,1-2H3;5-14H,1-4H3;2*1H. The van der Waals surface area contributed by atoms with Crippen LogP contribution < -0.4 is 4.74 Å². The third-order valence-electron chi connectivity index (χ3n) is 19.5. The fourth-order valence-electron chi connectivity index (χ4n) is 13.1. The number of unbranched alkanes of at least 4 members (excludes halogenated alkanes) is 4. The van der Waals surface area contributed by atoms with Gasteiger partial charge in [0.1, 0.15) is 23.6 Å². The normalized spacial score (nSPS) is 10.9. The van der Waals surface area contributed by atoms with Crippen LogP contribution in [0.1, 0.15) is 146 Å². The van der Waals surface area contributed by atoms with Crippen molar-refractivity contribution in [1.82, 2.24) is 0 Å². The molecule has 0 aromatic heterocycles. The van der Waals surface area contributed by atoms with Crippen LogP contribution in [0.15, 0.2) is 200 Å². The topological polar surface area (TPSA) is 9.23 Å². The van der Waals surface area contributed by atoms with Gasteiger partial charge in [-0.1, -0.05) is 247 Å². The van der Waals surface area contributed by atoms with Crippen LogP contribution in [0.25, 0.3) is 89.0 Å². The summed E-state index contributed by atoms with van der Waals surface area (Å²) >= 11 is 0. The Morgan fingerprint density at radius 2 is 0.568 bits per heavy atom. The molecule has 12 rings (SSSR count). The smallest absolute Gasteiger partial charge is 0.203 e. The van der Waals surface area contributed by atoms with Crippen molar-refractivity contribution in [3.63, 3.8) is 0 Å². The molecule has 0 spiro atoms. The molecule has 0 heterocycles. The minimum absolute atomic E-state index is 0. The first-order valence-corrected chi connectivity index (χ1v) is 37.6. The molecule has 12 aromatic rings. The maximum absolute atomic E-state index is 14.8. The van der Waals surface area contributed by atoms with Gasteiger partial charge in [-0.15, -0.1) is 0 Å². The lowest BCUT2D eigenvalue weighted by Gasteiger charge is -2.13. The summed E-state index contributed by atoms with van der Waals surface area (Å²) in [6.07, 6.45) is 12.0. The Hall–Kier alpha value is -10.9. The highest BCUT2D eigenvalue weighted by atomic mass is 19.2. The molecule has 0 saturated carbocycles. The van der Waals surface area contributed by atoms with Gasteiger partial charge in [-0.25, -0.2) is 52.7 Å². The van der Waals surface area contributed by atoms with Gasteiger partial charge >= 0.3 is 0 Å². The summed E-state index contributed by atoms with van der Waals surface area (Å²) < 4.78 is 194. The molecule has 1 nitrogen and oxygen atoms in total. The van der Waals surface area contributed by atoms with Crippen LogP contribution in [-0.4, -0.2) is 0 Å². The lowest BCUT2D eigenvalue weighted by Crippen LogP contribution is -2.02. The Kier molecular flexibility index (Phi) is 30.0. The van der Waals surface area contributed by atoms with E-state index in [-0.39, 0.29) is 53.1 Å². The zero-order valence-corrected chi connectivity index (χ0v) is 64.1. The van der Waals surface area contributed by atoms with Gasteiger partial charge in [0, 0.05) is 65.4 Å². The molecular formula is C97H93F13O. The van der Waals surface area contributed by atoms with Crippen molar-refractivity contribution >= 4 is 0 Å². The molecule has 0 aliphatic heterocycles. The zero-order valence-electron chi connectivity index (χ0n) is 64.1. The van der Waals surface area contributed by atoms with Crippen LogP contribution >= 0.6 is 0 Å². The third kappa shape index (κ3) is 20.6. The van der Waals surface area contributed by atoms with E-state index in [1.165, 1.54) is 142 Å². The van der Waals surface area contributed by atoms with Crippen molar-refractivity contribution in [2.75, 3.05) is 0 Å². The fourth-order valence-corrected chi connectivity index (χ4v) is 13.1. The van der Waals surface area contributed by atoms with E-state index in [1.807, 2.05) is 52.0 Å². The van der Waals surface area contributed by atoms with Crippen molar-refractivity contribution < 1.29 is 64.7 Å². The maximum atomic E-state index is 14.8. The number of halogens is 13. The van der Waals surface area contributed by atoms with Crippen LogP contribution in [0.2, 0.25) is 0 Å². The van der Waals surface area contributed by atoms with Crippen LogP contribution in [0.4, 0.5) is 57.1 Å². The van der Waals surface area contributed by atoms with Crippen LogP contribution in [0.5, 0.6) is 5.75 Å². The highest BCUT2D eigenvalue weighted by Crippen LogP contribution is 2.40. The summed E-state index contributed by atoms with van der Waals surface area (Å²) in [6.45, 7) is 20.1. The summed E-state index contributed by atoms with van der Waals surface area (Å²) in [5, 5.41) is 0. The molecule has 0 amide bonds. The zero-order chi connectivity index (χ0) is 80.2. The molecule has 0 aliphatic rings. The molecule has 0 N–H and O–H groups in total. The average molecular weight is 1520 g/mol. The van der Waals surface area contributed by atoms with E-state index in [1.54, 1.807) is 18.2 Å². The van der Waals surface area contributed by atoms with Crippen LogP contribution in [0, 0.1) is 115 Å². The van der Waals surface area contributed by atoms with E-state index in [0.29, 0.717) is 31.2 Å². The molecule has 0 unspecified atom stereocenters. The van der Waals surface area contributed by atoms with E-state index in [4.69, 9.17) is 4.74 Å². The number of aryl methyl sites for hydroxylation is 9. The van der Waals surface area contributed by atoms with E-state index < -0.39 is 97.9 Å². The molecule has 578 valence electrons. The van der Waals surface area contributed by atoms with Gasteiger partial charge in [0.25, 0.3) is 0 Å². The largest absolute Gasteiger partial charge is 0.404 e. The molecular weight excluding hydrogens is 1430 g/mol. The second kappa shape index (κ2) is 39.6. The second-order valence-corrected chi connectivity index (χ2v) is 27.6. The monoisotopic (exact) mass is 1520 g/mol. The molecule has 0 aliphatic carbocycles. The Bertz CT molecular complexity index is 5070. The minimum Gasteiger partial charge on any atom is -0.404 e. The lowest BCUT2D eigenvalue weighted by atomic mass is 9.94. The Balaban J connectivity index is 0.000000209. The maximum Gasteiger partial charge on any atom is 0.203 e. The van der Waals surface area contributed by atoms with Gasteiger partial charge < -0.3 is 4.74 Å². The lowest BCUT2D eigenvalue weighted by molar-refractivity contribution is 0.435. The first-order chi connectivity index (χ1) is 53.4. The first kappa shape index (κ1) is 84.1. The van der Waals surface area contributed by atoms with E-state index >= 15 is 0 Å². The Morgan fingerprint density at radius 3 is 0.928 bits per heavy atom. The number of rotatable bonds is 22. The van der Waals surface area contributed by atoms with Crippen molar-refractivity contribution in [3.8, 4) is 107 Å². The Labute approximate surface area is 646 Å². The number of ether oxygens (including phenoxy) is 1. The van der Waals surface area contributed by atoms with Crippen molar-refractivity contribution in [3.05, 3.63) is 326 Å². The highest BCUT2D eigenvalue weighted by molar-refractivity contribution is 5.77. The average Bonchev–Trinajstić information content (AvgIpc) is 0.786. The van der Waals surface area contributed by atoms with Gasteiger partial charge in [-0.3, -0.25) is 0 Å². The summed E-state index contributed by atoms with van der Waals surface area (Å²) in [5.74, 6) is -12.1. The van der Waals surface area contributed by atoms with Crippen LogP contribution in [0.3, 0.4) is 0 Å². The fraction of sp³-hybridized carbons (Fsp3) is 0.237. The SMILES string of the molecule is CC#COc1ccc(-c2ccc(-c3ccc(CC)cc3)cc2F)c(F)c1F.CCCCc1ccc(-c2ccc(-c3ccc(CCCC)c(F)c3F)c(F)c2F)c(F)c1F.CCCCc1ccc(-c2ccc(-c3ccc(CCCC)cc3F)c(F)c2F)c(F)c1.Cc1ccc(-c2ccc(-c3ccc(C)cc3C)cc2)c(C)c1.[HH].[HH]. The van der Waals surface area contributed by atoms with Gasteiger partial charge in [0.2, 0.25) is 5.82 Å². The predicted molar refractivity (Wildman–Crippen MR) is 430 cm³/mol. The molecule has 0 bridgehead atoms. The van der Waals surface area contributed by atoms with E-state index in [0.717, 1.165) is 86.6 Å². The van der Waals surface area contributed by atoms with Crippen molar-refractivity contribution in [2.45, 2.75) is 153 Å². The summed E-state index contributed by atoms with van der Waals surface area (Å²) in [6, 6.07) is 55.9. The second-order valence-electron chi connectivity index (χ2n) is 27.6. The van der Waals surface area contributed by atoms with Crippen molar-refractivity contribution in [1.29, 1.82) is 0 Å². The van der Waals surface area contributed by atoms with E-state index in [9.17, 15) is 57.1 Å². The van der Waals surface area contributed by atoms with E-state index in [2.05, 4.69) is 107 Å². The van der Waals surface area contributed by atoms with Crippen molar-refractivity contribution in [2.24, 2.45) is 0 Å². The van der Waals surface area contributed by atoms with Crippen LogP contribution in [-0.2, 0) is 32.1 Å². The molecule has 0 atom stereocenters. The third-order valence-corrected chi connectivity index (χ3v) is 19.5. The molecule has 12 aromatic carbocycles. The molecule has 0 fully saturated rings. The number of benzene rings is 12. The molecule has 0 saturated heterocycles. The highest BCUT2D eigenvalue weighted by Gasteiger charge is 2.26. The number of hydrogen-bond acceptors (Lipinski definition) is 1. The van der Waals surface area contributed by atoms with Gasteiger partial charge in [0.05, 0.1) is 0 Å². The molecule has 111 heavy (non-hydrogen) atoms. The minimum atomic E-state index is -1.46. The quantitative estimate of drug-likeness (QED) is 0.0485. The summed E-state index contributed by atoms with van der Waals surface area (Å²) in [5.41, 5.74) is 12.7. The first-order valence-electron chi connectivity index (χ1n) is 37.6.